The van der Waals surface area contributed by atoms with Crippen LogP contribution in [0.25, 0.3) is 0 Å². The number of nitrogens with zero attached hydrogens (tertiary/aromatic N) is 1. The highest BCUT2D eigenvalue weighted by Gasteiger charge is 2.29. The summed E-state index contributed by atoms with van der Waals surface area (Å²) < 4.78 is 0.0563. The van der Waals surface area contributed by atoms with Crippen LogP contribution in [0.4, 0.5) is 0 Å². The molecule has 0 amide bonds. The molecule has 0 saturated heterocycles. The maximum atomic E-state index is 4.50. The van der Waals surface area contributed by atoms with Crippen molar-refractivity contribution in [1.82, 2.24) is 10.6 Å². The number of halogens is 1. The topological polar surface area (TPSA) is 36.4 Å². The van der Waals surface area contributed by atoms with Crippen molar-refractivity contribution in [2.75, 3.05) is 19.6 Å². The summed E-state index contributed by atoms with van der Waals surface area (Å²) in [6.07, 6.45) is 10.9. The molecule has 1 aliphatic carbocycles. The maximum absolute atomic E-state index is 4.50. The van der Waals surface area contributed by atoms with Gasteiger partial charge in [0.15, 0.2) is 0 Å². The lowest BCUT2D eigenvalue weighted by Crippen LogP contribution is -2.42. The average Bonchev–Trinajstić information content (AvgIpc) is 2.27. The van der Waals surface area contributed by atoms with Crippen LogP contribution in [-0.2, 0) is 0 Å². The predicted octanol–water partition coefficient (Wildman–Crippen LogP) is 1.99. The van der Waals surface area contributed by atoms with Gasteiger partial charge in [-0.15, -0.1) is 0 Å². The molecule has 2 heterocycles. The summed E-state index contributed by atoms with van der Waals surface area (Å²) in [4.78, 5) is 4.50. The van der Waals surface area contributed by atoms with Crippen LogP contribution in [0.2, 0.25) is 0 Å². The molecule has 0 aromatic heterocycles. The number of nitrogens with one attached hydrogen (secondary N) is 2. The van der Waals surface area contributed by atoms with Gasteiger partial charge in [-0.2, -0.15) is 0 Å². The molecule has 0 aromatic rings. The normalized spacial score (nSPS) is 37.4. The molecule has 3 nitrogen and oxygen atoms in total. The molecule has 18 heavy (non-hydrogen) atoms. The highest BCUT2D eigenvalue weighted by molar-refractivity contribution is 9.10. The lowest BCUT2D eigenvalue weighted by atomic mass is 9.77. The van der Waals surface area contributed by atoms with Crippen molar-refractivity contribution in [1.29, 1.82) is 0 Å². The number of rotatable bonds is 3. The van der Waals surface area contributed by atoms with Gasteiger partial charge in [0.05, 0.1) is 10.9 Å². The molecule has 4 heteroatoms. The van der Waals surface area contributed by atoms with Crippen molar-refractivity contribution in [3.05, 3.63) is 36.2 Å². The number of hydrogen-bond acceptors (Lipinski definition) is 3. The summed E-state index contributed by atoms with van der Waals surface area (Å²) in [5, 5.41) is 6.90. The van der Waals surface area contributed by atoms with Gasteiger partial charge in [-0.1, -0.05) is 34.2 Å². The van der Waals surface area contributed by atoms with Crippen LogP contribution in [0.3, 0.4) is 0 Å². The van der Waals surface area contributed by atoms with E-state index < -0.39 is 0 Å². The molecule has 3 rings (SSSR count). The monoisotopic (exact) mass is 307 g/mol. The molecule has 2 N–H and O–H groups in total. The summed E-state index contributed by atoms with van der Waals surface area (Å²) in [7, 11) is 0. The Morgan fingerprint density at radius 2 is 2.39 bits per heavy atom. The first kappa shape index (κ1) is 12.2. The fourth-order valence-electron chi connectivity index (χ4n) is 2.58. The minimum atomic E-state index is 0.0563. The van der Waals surface area contributed by atoms with Crippen LogP contribution < -0.4 is 10.6 Å². The Labute approximate surface area is 116 Å². The van der Waals surface area contributed by atoms with Crippen LogP contribution in [-0.4, -0.2) is 29.7 Å². The van der Waals surface area contributed by atoms with Gasteiger partial charge in [-0.05, 0) is 13.0 Å². The molecule has 0 fully saturated rings. The Kier molecular flexibility index (Phi) is 3.16. The molecule has 0 spiro atoms. The first-order chi connectivity index (χ1) is 8.64. The second-order valence-corrected chi connectivity index (χ2v) is 7.17. The number of alkyl halides is 1. The van der Waals surface area contributed by atoms with Crippen molar-refractivity contribution < 1.29 is 0 Å². The molecule has 96 valence electrons. The fourth-order valence-corrected chi connectivity index (χ4v) is 3.05. The molecule has 0 bridgehead atoms. The number of hydrogen-bond donors (Lipinski definition) is 2. The third-order valence-electron chi connectivity index (χ3n) is 3.65. The molecule has 1 unspecified atom stereocenters. The van der Waals surface area contributed by atoms with Gasteiger partial charge in [-0.25, -0.2) is 0 Å². The highest BCUT2D eigenvalue weighted by Crippen LogP contribution is 2.30. The van der Waals surface area contributed by atoms with Gasteiger partial charge in [-0.3, -0.25) is 4.99 Å². The Bertz CT molecular complexity index is 460. The van der Waals surface area contributed by atoms with E-state index in [0.29, 0.717) is 11.8 Å². The zero-order valence-corrected chi connectivity index (χ0v) is 12.1. The van der Waals surface area contributed by atoms with E-state index in [2.05, 4.69) is 62.8 Å². The number of allylic oxidation sites excluding steroid dienone is 3. The third-order valence-corrected chi connectivity index (χ3v) is 4.16. The van der Waals surface area contributed by atoms with E-state index in [-0.39, 0.29) is 4.32 Å². The van der Waals surface area contributed by atoms with Crippen LogP contribution in [0.5, 0.6) is 0 Å². The van der Waals surface area contributed by atoms with Crippen LogP contribution >= 0.6 is 15.9 Å². The maximum Gasteiger partial charge on any atom is 0.0552 e. The molecule has 3 aliphatic rings. The largest absolute Gasteiger partial charge is 0.382 e. The van der Waals surface area contributed by atoms with E-state index >= 15 is 0 Å². The quantitative estimate of drug-likeness (QED) is 0.618. The standard InChI is InChI=1S/C14H18BrN3/c1-14(15)6-11(7-16-9-14)18-8-13-12-3-2-10(12)4-5-17-13/h2-6,10,12,16,18H,7-9H2,1H3/t10-,12?,14+/m0/s1. The van der Waals surface area contributed by atoms with Gasteiger partial charge >= 0.3 is 0 Å². The molecule has 0 aromatic carbocycles. The van der Waals surface area contributed by atoms with Gasteiger partial charge in [0.1, 0.15) is 0 Å². The number of fused-ring (bicyclic) bond motifs is 1. The Hall–Kier alpha value is -0.870. The first-order valence-corrected chi connectivity index (χ1v) is 7.20. The van der Waals surface area contributed by atoms with E-state index in [9.17, 15) is 0 Å². The van der Waals surface area contributed by atoms with Gasteiger partial charge < -0.3 is 10.6 Å². The van der Waals surface area contributed by atoms with Crippen molar-refractivity contribution >= 4 is 21.6 Å². The van der Waals surface area contributed by atoms with Gasteiger partial charge in [0.2, 0.25) is 0 Å². The smallest absolute Gasteiger partial charge is 0.0552 e. The summed E-state index contributed by atoms with van der Waals surface area (Å²) in [6, 6.07) is 0. The Balaban J connectivity index is 1.62. The van der Waals surface area contributed by atoms with E-state index in [0.717, 1.165) is 19.6 Å². The molecule has 0 saturated carbocycles. The zero-order chi connectivity index (χ0) is 12.6. The van der Waals surface area contributed by atoms with Crippen LogP contribution in [0.15, 0.2) is 41.2 Å². The lowest BCUT2D eigenvalue weighted by Gasteiger charge is -2.32. The lowest BCUT2D eigenvalue weighted by molar-refractivity contribution is 0.591. The Morgan fingerprint density at radius 1 is 1.50 bits per heavy atom. The zero-order valence-electron chi connectivity index (χ0n) is 10.5. The minimum absolute atomic E-state index is 0.0563. The first-order valence-electron chi connectivity index (χ1n) is 6.41. The summed E-state index contributed by atoms with van der Waals surface area (Å²) in [5.74, 6) is 1.11. The van der Waals surface area contributed by atoms with Crippen LogP contribution in [0.1, 0.15) is 6.92 Å². The second-order valence-electron chi connectivity index (χ2n) is 5.35. The Morgan fingerprint density at radius 3 is 3.11 bits per heavy atom. The van der Waals surface area contributed by atoms with E-state index in [1.165, 1.54) is 11.4 Å². The van der Waals surface area contributed by atoms with Crippen molar-refractivity contribution in [2.24, 2.45) is 16.8 Å². The minimum Gasteiger partial charge on any atom is -0.382 e. The molecule has 2 aliphatic heterocycles. The molecule has 3 atom stereocenters. The summed E-state index contributed by atoms with van der Waals surface area (Å²) in [6.45, 7) is 4.89. The fraction of sp³-hybridized carbons (Fsp3) is 0.500. The molecule has 0 radical (unpaired) electrons. The predicted molar refractivity (Wildman–Crippen MR) is 79.0 cm³/mol. The average molecular weight is 308 g/mol. The van der Waals surface area contributed by atoms with Crippen molar-refractivity contribution in [2.45, 2.75) is 11.2 Å². The SMILES string of the molecule is C[C@@]1(Br)C=C(NCC2=NC=C[C@@H]3C=CC23)CNC1. The van der Waals surface area contributed by atoms with Gasteiger partial charge in [0.25, 0.3) is 0 Å². The van der Waals surface area contributed by atoms with Crippen LogP contribution in [0, 0.1) is 11.8 Å². The summed E-state index contributed by atoms with van der Waals surface area (Å²) >= 11 is 3.70. The van der Waals surface area contributed by atoms with Crippen molar-refractivity contribution in [3.8, 4) is 0 Å². The highest BCUT2D eigenvalue weighted by atomic mass is 79.9. The summed E-state index contributed by atoms with van der Waals surface area (Å²) in [5.41, 5.74) is 2.49. The molecular weight excluding hydrogens is 290 g/mol. The van der Waals surface area contributed by atoms with Gasteiger partial charge in [0, 0.05) is 42.5 Å². The van der Waals surface area contributed by atoms with E-state index in [1.54, 1.807) is 0 Å². The molecular formula is C14H18BrN3. The van der Waals surface area contributed by atoms with E-state index in [1.807, 2.05) is 6.20 Å². The third kappa shape index (κ3) is 2.45. The van der Waals surface area contributed by atoms with Crippen molar-refractivity contribution in [3.63, 3.8) is 0 Å². The second kappa shape index (κ2) is 4.67. The van der Waals surface area contributed by atoms with E-state index in [4.69, 9.17) is 0 Å². The number of aliphatic imine (C=N–C) groups is 1.